The quantitative estimate of drug-likeness (QED) is 0.673. The summed E-state index contributed by atoms with van der Waals surface area (Å²) in [6.45, 7) is 2.14. The molecule has 0 N–H and O–H groups in total. The van der Waals surface area contributed by atoms with Crippen molar-refractivity contribution in [2.75, 3.05) is 5.75 Å². The molecule has 60 valence electrons. The molecule has 1 aromatic heterocycles. The molecule has 0 atom stereocenters. The fraction of sp³-hybridized carbons (Fsp3) is 0.375. The lowest BCUT2D eigenvalue weighted by atomic mass is 10.4. The summed E-state index contributed by atoms with van der Waals surface area (Å²) in [6.07, 6.45) is 0.908. The molecular weight excluding hydrogens is 176 g/mol. The molecule has 3 heteroatoms. The third-order valence-corrected chi connectivity index (χ3v) is 3.36. The summed E-state index contributed by atoms with van der Waals surface area (Å²) in [5.41, 5.74) is 0. The molecular formula is C8H10OS2. The third-order valence-electron chi connectivity index (χ3n) is 1.25. The van der Waals surface area contributed by atoms with Crippen LogP contribution in [0.2, 0.25) is 0 Å². The Morgan fingerprint density at radius 3 is 3.00 bits per heavy atom. The number of thiophene rings is 1. The average molecular weight is 186 g/mol. The van der Waals surface area contributed by atoms with E-state index >= 15 is 0 Å². The number of hydrogen-bond acceptors (Lipinski definition) is 3. The lowest BCUT2D eigenvalue weighted by Gasteiger charge is -1.91. The zero-order valence-corrected chi connectivity index (χ0v) is 8.00. The molecule has 0 radical (unpaired) electrons. The van der Waals surface area contributed by atoms with Crippen molar-refractivity contribution in [3.63, 3.8) is 0 Å². The number of carbonyl (C=O) groups excluding carboxylic acids is 1. The molecule has 0 aliphatic carbocycles. The highest BCUT2D eigenvalue weighted by Crippen LogP contribution is 2.19. The molecule has 0 bridgehead atoms. The summed E-state index contributed by atoms with van der Waals surface area (Å²) < 4.78 is 0. The fourth-order valence-electron chi connectivity index (χ4n) is 0.738. The largest absolute Gasteiger partial charge is 0.297 e. The number of aldehydes is 1. The summed E-state index contributed by atoms with van der Waals surface area (Å²) in [7, 11) is 0. The second kappa shape index (κ2) is 4.57. The van der Waals surface area contributed by atoms with E-state index in [0.29, 0.717) is 0 Å². The van der Waals surface area contributed by atoms with Crippen LogP contribution in [0.25, 0.3) is 0 Å². The maximum Gasteiger partial charge on any atom is 0.160 e. The van der Waals surface area contributed by atoms with Gasteiger partial charge in [0.1, 0.15) is 0 Å². The van der Waals surface area contributed by atoms with E-state index in [-0.39, 0.29) is 0 Å². The molecule has 1 heterocycles. The molecule has 0 spiro atoms. The van der Waals surface area contributed by atoms with Crippen molar-refractivity contribution in [2.45, 2.75) is 12.7 Å². The predicted molar refractivity (Wildman–Crippen MR) is 51.5 cm³/mol. The van der Waals surface area contributed by atoms with Crippen LogP contribution in [0.1, 0.15) is 21.5 Å². The first-order chi connectivity index (χ1) is 5.36. The highest BCUT2D eigenvalue weighted by atomic mass is 32.2. The van der Waals surface area contributed by atoms with E-state index in [9.17, 15) is 4.79 Å². The van der Waals surface area contributed by atoms with Crippen LogP contribution >= 0.6 is 23.1 Å². The molecule has 0 fully saturated rings. The van der Waals surface area contributed by atoms with Gasteiger partial charge in [-0.15, -0.1) is 11.3 Å². The van der Waals surface area contributed by atoms with Gasteiger partial charge in [-0.3, -0.25) is 4.79 Å². The lowest BCUT2D eigenvalue weighted by molar-refractivity contribution is 0.112. The third kappa shape index (κ3) is 2.67. The Hall–Kier alpha value is -0.280. The van der Waals surface area contributed by atoms with E-state index < -0.39 is 0 Å². The van der Waals surface area contributed by atoms with Gasteiger partial charge in [0.25, 0.3) is 0 Å². The monoisotopic (exact) mass is 186 g/mol. The van der Waals surface area contributed by atoms with Crippen LogP contribution in [0.4, 0.5) is 0 Å². The van der Waals surface area contributed by atoms with Gasteiger partial charge in [-0.2, -0.15) is 11.8 Å². The summed E-state index contributed by atoms with van der Waals surface area (Å²) in [5, 5.41) is 0. The van der Waals surface area contributed by atoms with Crippen LogP contribution in [-0.4, -0.2) is 12.0 Å². The Morgan fingerprint density at radius 2 is 2.45 bits per heavy atom. The first kappa shape index (κ1) is 8.81. The van der Waals surface area contributed by atoms with Crippen LogP contribution in [0.15, 0.2) is 12.1 Å². The summed E-state index contributed by atoms with van der Waals surface area (Å²) in [6, 6.07) is 3.90. The second-order valence-corrected chi connectivity index (χ2v) is 4.53. The van der Waals surface area contributed by atoms with Crippen LogP contribution < -0.4 is 0 Å². The summed E-state index contributed by atoms with van der Waals surface area (Å²) in [5.74, 6) is 2.17. The molecule has 0 unspecified atom stereocenters. The van der Waals surface area contributed by atoms with Gasteiger partial charge < -0.3 is 0 Å². The first-order valence-electron chi connectivity index (χ1n) is 3.48. The van der Waals surface area contributed by atoms with Gasteiger partial charge in [0.15, 0.2) is 6.29 Å². The van der Waals surface area contributed by atoms with Gasteiger partial charge in [-0.05, 0) is 17.9 Å². The van der Waals surface area contributed by atoms with Crippen molar-refractivity contribution in [3.8, 4) is 0 Å². The molecule has 0 aliphatic heterocycles. The molecule has 0 amide bonds. The Labute approximate surface area is 74.8 Å². The van der Waals surface area contributed by atoms with Gasteiger partial charge in [-0.1, -0.05) is 6.92 Å². The first-order valence-corrected chi connectivity index (χ1v) is 5.45. The lowest BCUT2D eigenvalue weighted by Crippen LogP contribution is -1.71. The molecule has 1 nitrogen and oxygen atoms in total. The number of thioether (sulfide) groups is 1. The molecule has 0 saturated carbocycles. The molecule has 0 aliphatic rings. The summed E-state index contributed by atoms with van der Waals surface area (Å²) >= 11 is 3.46. The van der Waals surface area contributed by atoms with Crippen LogP contribution in [0.5, 0.6) is 0 Å². The topological polar surface area (TPSA) is 17.1 Å². The Kier molecular flexibility index (Phi) is 3.66. The molecule has 1 aromatic rings. The minimum atomic E-state index is 0.830. The standard InChI is InChI=1S/C8H10OS2/c1-2-10-6-8-4-3-7(5-9)11-8/h3-5H,2,6H2,1H3. The van der Waals surface area contributed by atoms with Crippen molar-refractivity contribution < 1.29 is 4.79 Å². The van der Waals surface area contributed by atoms with Crippen molar-refractivity contribution in [2.24, 2.45) is 0 Å². The van der Waals surface area contributed by atoms with E-state index in [4.69, 9.17) is 0 Å². The highest BCUT2D eigenvalue weighted by molar-refractivity contribution is 7.98. The van der Waals surface area contributed by atoms with Crippen molar-refractivity contribution >= 4 is 29.4 Å². The second-order valence-electron chi connectivity index (χ2n) is 2.06. The SMILES string of the molecule is CCSCc1ccc(C=O)s1. The zero-order chi connectivity index (χ0) is 8.10. The van der Waals surface area contributed by atoms with E-state index in [1.807, 2.05) is 23.9 Å². The van der Waals surface area contributed by atoms with Gasteiger partial charge in [0.05, 0.1) is 4.88 Å². The molecule has 0 saturated heterocycles. The predicted octanol–water partition coefficient (Wildman–Crippen LogP) is 2.81. The van der Waals surface area contributed by atoms with Gasteiger partial charge in [-0.25, -0.2) is 0 Å². The van der Waals surface area contributed by atoms with Crippen molar-refractivity contribution in [3.05, 3.63) is 21.9 Å². The Balaban J connectivity index is 2.51. The maximum absolute atomic E-state index is 10.3. The Morgan fingerprint density at radius 1 is 1.64 bits per heavy atom. The number of rotatable bonds is 4. The highest BCUT2D eigenvalue weighted by Gasteiger charge is 1.97. The van der Waals surface area contributed by atoms with E-state index in [2.05, 4.69) is 6.92 Å². The van der Waals surface area contributed by atoms with Crippen molar-refractivity contribution in [1.29, 1.82) is 0 Å². The van der Waals surface area contributed by atoms with Gasteiger partial charge >= 0.3 is 0 Å². The molecule has 11 heavy (non-hydrogen) atoms. The van der Waals surface area contributed by atoms with E-state index in [1.165, 1.54) is 4.88 Å². The summed E-state index contributed by atoms with van der Waals surface area (Å²) in [4.78, 5) is 12.4. The minimum absolute atomic E-state index is 0.830. The van der Waals surface area contributed by atoms with Crippen LogP contribution in [0, 0.1) is 0 Å². The maximum atomic E-state index is 10.3. The number of carbonyl (C=O) groups is 1. The van der Waals surface area contributed by atoms with Gasteiger partial charge in [0, 0.05) is 10.6 Å². The van der Waals surface area contributed by atoms with E-state index in [1.54, 1.807) is 11.3 Å². The smallest absolute Gasteiger partial charge is 0.160 e. The Bertz CT molecular complexity index is 230. The van der Waals surface area contributed by atoms with Crippen LogP contribution in [0.3, 0.4) is 0 Å². The normalized spacial score (nSPS) is 9.91. The average Bonchev–Trinajstić information content (AvgIpc) is 2.48. The van der Waals surface area contributed by atoms with E-state index in [0.717, 1.165) is 22.7 Å². The van der Waals surface area contributed by atoms with Crippen LogP contribution in [-0.2, 0) is 5.75 Å². The number of hydrogen-bond donors (Lipinski definition) is 0. The van der Waals surface area contributed by atoms with Crippen molar-refractivity contribution in [1.82, 2.24) is 0 Å². The molecule has 0 aromatic carbocycles. The molecule has 1 rings (SSSR count). The minimum Gasteiger partial charge on any atom is -0.297 e. The fourth-order valence-corrected chi connectivity index (χ4v) is 2.35. The zero-order valence-electron chi connectivity index (χ0n) is 6.37. The van der Waals surface area contributed by atoms with Gasteiger partial charge in [0.2, 0.25) is 0 Å².